The van der Waals surface area contributed by atoms with Crippen molar-refractivity contribution in [1.82, 2.24) is 0 Å². The first-order valence-corrected chi connectivity index (χ1v) is 6.74. The van der Waals surface area contributed by atoms with Crippen LogP contribution in [0.15, 0.2) is 40.9 Å². The number of halogens is 3. The summed E-state index contributed by atoms with van der Waals surface area (Å²) in [6, 6.07) is 8.51. The number of aromatic carboxylic acids is 1. The maximum Gasteiger partial charge on any atom is 0.335 e. The van der Waals surface area contributed by atoms with E-state index in [2.05, 4.69) is 15.9 Å². The van der Waals surface area contributed by atoms with Gasteiger partial charge in [-0.25, -0.2) is 9.18 Å². The number of carbonyl (C=O) groups is 1. The third-order valence-electron chi connectivity index (χ3n) is 2.57. The zero-order valence-corrected chi connectivity index (χ0v) is 12.4. The monoisotopic (exact) mass is 358 g/mol. The average molecular weight is 360 g/mol. The average Bonchev–Trinajstić information content (AvgIpc) is 2.39. The molecule has 0 saturated heterocycles. The van der Waals surface area contributed by atoms with E-state index in [0.29, 0.717) is 15.2 Å². The predicted molar refractivity (Wildman–Crippen MR) is 76.8 cm³/mol. The quantitative estimate of drug-likeness (QED) is 0.873. The summed E-state index contributed by atoms with van der Waals surface area (Å²) in [5, 5.41) is 9.42. The molecule has 0 aliphatic carbocycles. The van der Waals surface area contributed by atoms with Crippen molar-refractivity contribution in [2.75, 3.05) is 0 Å². The Morgan fingerprint density at radius 2 is 2.05 bits per heavy atom. The van der Waals surface area contributed by atoms with E-state index in [9.17, 15) is 9.18 Å². The van der Waals surface area contributed by atoms with E-state index in [0.717, 1.165) is 6.07 Å². The number of carboxylic acids is 1. The molecular formula is C14H9BrClFO3. The van der Waals surface area contributed by atoms with Crippen molar-refractivity contribution in [2.45, 2.75) is 6.61 Å². The van der Waals surface area contributed by atoms with Gasteiger partial charge in [0.15, 0.2) is 0 Å². The Labute approximate surface area is 128 Å². The lowest BCUT2D eigenvalue weighted by molar-refractivity contribution is 0.0696. The first kappa shape index (κ1) is 14.8. The van der Waals surface area contributed by atoms with Gasteiger partial charge in [0, 0.05) is 10.6 Å². The van der Waals surface area contributed by atoms with E-state index >= 15 is 0 Å². The van der Waals surface area contributed by atoms with Crippen LogP contribution in [0.2, 0.25) is 5.02 Å². The van der Waals surface area contributed by atoms with Crippen LogP contribution in [-0.2, 0) is 6.61 Å². The molecule has 2 aromatic carbocycles. The molecular weight excluding hydrogens is 351 g/mol. The summed E-state index contributed by atoms with van der Waals surface area (Å²) >= 11 is 9.08. The van der Waals surface area contributed by atoms with Crippen LogP contribution in [0.3, 0.4) is 0 Å². The largest absolute Gasteiger partial charge is 0.488 e. The molecule has 104 valence electrons. The van der Waals surface area contributed by atoms with Crippen molar-refractivity contribution < 1.29 is 19.0 Å². The lowest BCUT2D eigenvalue weighted by Gasteiger charge is -2.09. The van der Waals surface area contributed by atoms with Gasteiger partial charge < -0.3 is 9.84 Å². The van der Waals surface area contributed by atoms with Crippen LogP contribution in [0.5, 0.6) is 5.75 Å². The fourth-order valence-electron chi connectivity index (χ4n) is 1.57. The summed E-state index contributed by atoms with van der Waals surface area (Å²) in [5.74, 6) is -1.13. The highest BCUT2D eigenvalue weighted by molar-refractivity contribution is 9.10. The molecule has 2 rings (SSSR count). The first-order valence-electron chi connectivity index (χ1n) is 5.57. The van der Waals surface area contributed by atoms with Crippen molar-refractivity contribution in [3.8, 4) is 5.75 Å². The van der Waals surface area contributed by atoms with Gasteiger partial charge in [-0.05, 0) is 52.3 Å². The van der Waals surface area contributed by atoms with E-state index in [4.69, 9.17) is 21.4 Å². The van der Waals surface area contributed by atoms with Gasteiger partial charge in [0.05, 0.1) is 10.0 Å². The molecule has 0 aliphatic heterocycles. The molecule has 0 heterocycles. The van der Waals surface area contributed by atoms with Crippen molar-refractivity contribution >= 4 is 33.5 Å². The van der Waals surface area contributed by atoms with E-state index in [-0.39, 0.29) is 17.7 Å². The molecule has 6 heteroatoms. The van der Waals surface area contributed by atoms with E-state index in [1.54, 1.807) is 18.2 Å². The van der Waals surface area contributed by atoms with E-state index in [1.807, 2.05) is 0 Å². The van der Waals surface area contributed by atoms with Crippen LogP contribution in [-0.4, -0.2) is 11.1 Å². The molecule has 0 unspecified atom stereocenters. The Kier molecular flexibility index (Phi) is 4.62. The molecule has 0 spiro atoms. The molecule has 0 radical (unpaired) electrons. The summed E-state index contributed by atoms with van der Waals surface area (Å²) in [6.45, 7) is -0.0762. The molecule has 0 saturated carbocycles. The molecule has 0 fully saturated rings. The van der Waals surface area contributed by atoms with Gasteiger partial charge in [-0.3, -0.25) is 0 Å². The van der Waals surface area contributed by atoms with Gasteiger partial charge in [-0.1, -0.05) is 11.6 Å². The highest BCUT2D eigenvalue weighted by Crippen LogP contribution is 2.28. The van der Waals surface area contributed by atoms with Gasteiger partial charge in [0.1, 0.15) is 18.2 Å². The Hall–Kier alpha value is -1.59. The number of benzene rings is 2. The second-order valence-corrected chi connectivity index (χ2v) is 5.27. The number of hydrogen-bond acceptors (Lipinski definition) is 2. The highest BCUT2D eigenvalue weighted by Gasteiger charge is 2.10. The van der Waals surface area contributed by atoms with Crippen LogP contribution in [0, 0.1) is 5.82 Å². The second-order valence-electron chi connectivity index (χ2n) is 3.97. The fourth-order valence-corrected chi connectivity index (χ4v) is 2.36. The second kappa shape index (κ2) is 6.24. The minimum absolute atomic E-state index is 0.0140. The van der Waals surface area contributed by atoms with E-state index < -0.39 is 11.8 Å². The number of carboxylic acid groups (broad SMARTS) is 1. The van der Waals surface area contributed by atoms with Crippen molar-refractivity contribution in [3.63, 3.8) is 0 Å². The molecule has 3 nitrogen and oxygen atoms in total. The van der Waals surface area contributed by atoms with Gasteiger partial charge in [0.2, 0.25) is 0 Å². The Morgan fingerprint density at radius 3 is 2.70 bits per heavy atom. The zero-order chi connectivity index (χ0) is 14.7. The summed E-state index contributed by atoms with van der Waals surface area (Å²) in [4.78, 5) is 10.8. The first-order chi connectivity index (χ1) is 9.47. The van der Waals surface area contributed by atoms with Crippen molar-refractivity contribution in [1.29, 1.82) is 0 Å². The Balaban J connectivity index is 2.18. The van der Waals surface area contributed by atoms with Crippen LogP contribution in [0.4, 0.5) is 4.39 Å². The molecule has 0 atom stereocenters. The number of rotatable bonds is 4. The highest BCUT2D eigenvalue weighted by atomic mass is 79.9. The topological polar surface area (TPSA) is 46.5 Å². The van der Waals surface area contributed by atoms with Crippen molar-refractivity contribution in [2.24, 2.45) is 0 Å². The molecule has 20 heavy (non-hydrogen) atoms. The minimum atomic E-state index is -1.11. The van der Waals surface area contributed by atoms with Crippen LogP contribution in [0.1, 0.15) is 15.9 Å². The molecule has 1 N–H and O–H groups in total. The minimum Gasteiger partial charge on any atom is -0.488 e. The normalized spacial score (nSPS) is 10.3. The standard InChI is InChI=1S/C14H9BrClFO3/c15-11-6-10(16)2-4-13(11)20-7-9-5-8(14(18)19)1-3-12(9)17/h1-6H,7H2,(H,18,19). The maximum absolute atomic E-state index is 13.6. The fraction of sp³-hybridized carbons (Fsp3) is 0.0714. The summed E-state index contributed by atoms with van der Waals surface area (Å²) in [7, 11) is 0. The van der Waals surface area contributed by atoms with Gasteiger partial charge in [-0.2, -0.15) is 0 Å². The van der Waals surface area contributed by atoms with Crippen LogP contribution in [0.25, 0.3) is 0 Å². The Bertz CT molecular complexity index is 661. The third kappa shape index (κ3) is 3.49. The van der Waals surface area contributed by atoms with Gasteiger partial charge >= 0.3 is 5.97 Å². The van der Waals surface area contributed by atoms with Crippen LogP contribution >= 0.6 is 27.5 Å². The zero-order valence-electron chi connectivity index (χ0n) is 10.1. The Morgan fingerprint density at radius 1 is 1.30 bits per heavy atom. The number of hydrogen-bond donors (Lipinski definition) is 1. The van der Waals surface area contributed by atoms with Crippen molar-refractivity contribution in [3.05, 3.63) is 62.8 Å². The van der Waals surface area contributed by atoms with Gasteiger partial charge in [-0.15, -0.1) is 0 Å². The summed E-state index contributed by atoms with van der Waals surface area (Å²) in [5.41, 5.74) is 0.187. The van der Waals surface area contributed by atoms with Crippen LogP contribution < -0.4 is 4.74 Å². The molecule has 0 aromatic heterocycles. The summed E-state index contributed by atoms with van der Waals surface area (Å²) < 4.78 is 19.7. The molecule has 0 bridgehead atoms. The molecule has 0 aliphatic rings. The summed E-state index contributed by atoms with van der Waals surface area (Å²) in [6.07, 6.45) is 0. The SMILES string of the molecule is O=C(O)c1ccc(F)c(COc2ccc(Cl)cc2Br)c1. The predicted octanol–water partition coefficient (Wildman–Crippen LogP) is 4.52. The molecule has 2 aromatic rings. The van der Waals surface area contributed by atoms with Gasteiger partial charge in [0.25, 0.3) is 0 Å². The third-order valence-corrected chi connectivity index (χ3v) is 3.42. The molecule has 0 amide bonds. The smallest absolute Gasteiger partial charge is 0.335 e. The van der Waals surface area contributed by atoms with E-state index in [1.165, 1.54) is 12.1 Å². The maximum atomic E-state index is 13.6. The number of ether oxygens (including phenoxy) is 1. The lowest BCUT2D eigenvalue weighted by Crippen LogP contribution is -2.03. The lowest BCUT2D eigenvalue weighted by atomic mass is 10.1.